The minimum atomic E-state index is -1.30. The zero-order valence-electron chi connectivity index (χ0n) is 10.1. The number of halogens is 1. The summed E-state index contributed by atoms with van der Waals surface area (Å²) < 4.78 is 0. The molecule has 2 amide bonds. The molecule has 0 fully saturated rings. The van der Waals surface area contributed by atoms with E-state index in [2.05, 4.69) is 10.6 Å². The number of nitrogens with one attached hydrogen (secondary N) is 2. The van der Waals surface area contributed by atoms with Crippen molar-refractivity contribution in [3.8, 4) is 0 Å². The van der Waals surface area contributed by atoms with Gasteiger partial charge in [0.15, 0.2) is 6.04 Å². The van der Waals surface area contributed by atoms with Crippen LogP contribution in [0.1, 0.15) is 5.56 Å². The summed E-state index contributed by atoms with van der Waals surface area (Å²) in [6.45, 7) is -0.300. The Bertz CT molecular complexity index is 436. The lowest BCUT2D eigenvalue weighted by molar-refractivity contribution is -0.140. The zero-order valence-corrected chi connectivity index (χ0v) is 10.9. The Hall–Kier alpha value is -1.79. The van der Waals surface area contributed by atoms with Gasteiger partial charge in [0.25, 0.3) is 0 Å². The van der Waals surface area contributed by atoms with Crippen LogP contribution in [0.15, 0.2) is 24.3 Å². The standard InChI is InChI=1S/C12H15ClN2O4/c13-9-3-1-8(2-4-9)5-6-14-12(19)15-10(7-16)11(17)18/h1-4,10,16H,5-7H2,(H,17,18)(H2,14,15,19). The van der Waals surface area contributed by atoms with Crippen molar-refractivity contribution < 1.29 is 19.8 Å². The summed E-state index contributed by atoms with van der Waals surface area (Å²) in [5.41, 5.74) is 1.00. The average Bonchev–Trinajstić information content (AvgIpc) is 2.38. The van der Waals surface area contributed by atoms with Gasteiger partial charge in [-0.1, -0.05) is 23.7 Å². The van der Waals surface area contributed by atoms with Crippen molar-refractivity contribution in [2.75, 3.05) is 13.2 Å². The number of urea groups is 1. The molecule has 0 heterocycles. The smallest absolute Gasteiger partial charge is 0.328 e. The van der Waals surface area contributed by atoms with E-state index in [4.69, 9.17) is 21.8 Å². The molecular formula is C12H15ClN2O4. The molecule has 4 N–H and O–H groups in total. The molecule has 0 aliphatic carbocycles. The predicted octanol–water partition coefficient (Wildman–Crippen LogP) is 0.627. The molecule has 0 radical (unpaired) electrons. The van der Waals surface area contributed by atoms with Gasteiger partial charge in [-0.2, -0.15) is 0 Å². The lowest BCUT2D eigenvalue weighted by atomic mass is 10.1. The molecule has 104 valence electrons. The van der Waals surface area contributed by atoms with Crippen LogP contribution in [0.5, 0.6) is 0 Å². The molecule has 0 bridgehead atoms. The minimum absolute atomic E-state index is 0.352. The van der Waals surface area contributed by atoms with Crippen molar-refractivity contribution >= 4 is 23.6 Å². The van der Waals surface area contributed by atoms with Gasteiger partial charge in [-0.15, -0.1) is 0 Å². The first-order chi connectivity index (χ1) is 9.02. The highest BCUT2D eigenvalue weighted by Crippen LogP contribution is 2.09. The quantitative estimate of drug-likeness (QED) is 0.616. The summed E-state index contributed by atoms with van der Waals surface area (Å²) in [5.74, 6) is -1.28. The SMILES string of the molecule is O=C(NCCc1ccc(Cl)cc1)NC(CO)C(=O)O. The fourth-order valence-electron chi connectivity index (χ4n) is 1.37. The number of rotatable bonds is 6. The molecule has 1 atom stereocenters. The van der Waals surface area contributed by atoms with Crippen molar-refractivity contribution in [2.24, 2.45) is 0 Å². The average molecular weight is 287 g/mol. The van der Waals surface area contributed by atoms with Gasteiger partial charge in [0.05, 0.1) is 6.61 Å². The molecule has 1 unspecified atom stereocenters. The largest absolute Gasteiger partial charge is 0.480 e. The van der Waals surface area contributed by atoms with Crippen LogP contribution in [0.4, 0.5) is 4.79 Å². The summed E-state index contributed by atoms with van der Waals surface area (Å²) in [5, 5.41) is 22.7. The normalized spacial score (nSPS) is 11.7. The first kappa shape index (κ1) is 15.3. The number of aliphatic hydroxyl groups is 1. The van der Waals surface area contributed by atoms with Crippen LogP contribution < -0.4 is 10.6 Å². The third-order valence-electron chi connectivity index (χ3n) is 2.40. The number of amides is 2. The van der Waals surface area contributed by atoms with Crippen LogP contribution in [0.2, 0.25) is 5.02 Å². The molecule has 1 rings (SSSR count). The van der Waals surface area contributed by atoms with Crippen molar-refractivity contribution in [1.82, 2.24) is 10.6 Å². The van der Waals surface area contributed by atoms with Crippen molar-refractivity contribution in [2.45, 2.75) is 12.5 Å². The number of carbonyl (C=O) groups excluding carboxylic acids is 1. The highest BCUT2D eigenvalue weighted by molar-refractivity contribution is 6.30. The Morgan fingerprint density at radius 3 is 2.42 bits per heavy atom. The monoisotopic (exact) mass is 286 g/mol. The number of carboxylic acid groups (broad SMARTS) is 1. The van der Waals surface area contributed by atoms with Gasteiger partial charge in [-0.25, -0.2) is 9.59 Å². The number of benzene rings is 1. The van der Waals surface area contributed by atoms with E-state index in [0.29, 0.717) is 18.0 Å². The Morgan fingerprint density at radius 2 is 1.89 bits per heavy atom. The van der Waals surface area contributed by atoms with Crippen LogP contribution >= 0.6 is 11.6 Å². The topological polar surface area (TPSA) is 98.7 Å². The molecule has 1 aromatic carbocycles. The first-order valence-electron chi connectivity index (χ1n) is 5.65. The van der Waals surface area contributed by atoms with E-state index in [1.807, 2.05) is 12.1 Å². The molecular weight excluding hydrogens is 272 g/mol. The second kappa shape index (κ2) is 7.60. The van der Waals surface area contributed by atoms with Gasteiger partial charge in [-0.05, 0) is 24.1 Å². The molecule has 19 heavy (non-hydrogen) atoms. The van der Waals surface area contributed by atoms with Crippen LogP contribution in [-0.2, 0) is 11.2 Å². The van der Waals surface area contributed by atoms with Crippen LogP contribution in [0.3, 0.4) is 0 Å². The third kappa shape index (κ3) is 5.58. The summed E-state index contributed by atoms with van der Waals surface area (Å²) in [6, 6.07) is 5.27. The maximum absolute atomic E-state index is 11.3. The highest BCUT2D eigenvalue weighted by Gasteiger charge is 2.17. The molecule has 1 aromatic rings. The van der Waals surface area contributed by atoms with Gasteiger partial charge in [0.2, 0.25) is 0 Å². The van der Waals surface area contributed by atoms with E-state index in [0.717, 1.165) is 5.56 Å². The fourth-order valence-corrected chi connectivity index (χ4v) is 1.49. The van der Waals surface area contributed by atoms with Crippen molar-refractivity contribution in [3.05, 3.63) is 34.9 Å². The number of hydrogen-bond donors (Lipinski definition) is 4. The highest BCUT2D eigenvalue weighted by atomic mass is 35.5. The van der Waals surface area contributed by atoms with E-state index in [1.54, 1.807) is 12.1 Å². The molecule has 0 spiro atoms. The Kier molecular flexibility index (Phi) is 6.11. The molecule has 0 aromatic heterocycles. The Morgan fingerprint density at radius 1 is 1.26 bits per heavy atom. The van der Waals surface area contributed by atoms with Gasteiger partial charge in [0.1, 0.15) is 0 Å². The van der Waals surface area contributed by atoms with E-state index in [-0.39, 0.29) is 0 Å². The molecule has 0 saturated heterocycles. The van der Waals surface area contributed by atoms with Crippen LogP contribution in [0.25, 0.3) is 0 Å². The molecule has 0 aliphatic rings. The number of aliphatic hydroxyl groups excluding tert-OH is 1. The second-order valence-electron chi connectivity index (χ2n) is 3.85. The first-order valence-corrected chi connectivity index (χ1v) is 6.03. The summed E-state index contributed by atoms with van der Waals surface area (Å²) in [7, 11) is 0. The predicted molar refractivity (Wildman–Crippen MR) is 70.2 cm³/mol. The van der Waals surface area contributed by atoms with Crippen LogP contribution in [-0.4, -0.2) is 41.4 Å². The second-order valence-corrected chi connectivity index (χ2v) is 4.29. The third-order valence-corrected chi connectivity index (χ3v) is 2.65. The van der Waals surface area contributed by atoms with Crippen molar-refractivity contribution in [1.29, 1.82) is 0 Å². The van der Waals surface area contributed by atoms with Gasteiger partial charge in [-0.3, -0.25) is 0 Å². The van der Waals surface area contributed by atoms with Gasteiger partial charge < -0.3 is 20.8 Å². The van der Waals surface area contributed by atoms with E-state index in [9.17, 15) is 9.59 Å². The molecule has 7 heteroatoms. The number of carbonyl (C=O) groups is 2. The van der Waals surface area contributed by atoms with Gasteiger partial charge >= 0.3 is 12.0 Å². The lowest BCUT2D eigenvalue weighted by Gasteiger charge is -2.12. The Balaban J connectivity index is 2.30. The van der Waals surface area contributed by atoms with E-state index < -0.39 is 24.6 Å². The summed E-state index contributed by atoms with van der Waals surface area (Å²) in [6.07, 6.45) is 0.599. The summed E-state index contributed by atoms with van der Waals surface area (Å²) >= 11 is 5.74. The molecule has 0 saturated carbocycles. The summed E-state index contributed by atoms with van der Waals surface area (Å²) in [4.78, 5) is 21.9. The van der Waals surface area contributed by atoms with Gasteiger partial charge in [0, 0.05) is 11.6 Å². The number of carboxylic acids is 1. The lowest BCUT2D eigenvalue weighted by Crippen LogP contribution is -2.48. The number of hydrogen-bond acceptors (Lipinski definition) is 3. The van der Waals surface area contributed by atoms with E-state index in [1.165, 1.54) is 0 Å². The van der Waals surface area contributed by atoms with Crippen molar-refractivity contribution in [3.63, 3.8) is 0 Å². The number of aliphatic carboxylic acids is 1. The van der Waals surface area contributed by atoms with E-state index >= 15 is 0 Å². The zero-order chi connectivity index (χ0) is 14.3. The maximum atomic E-state index is 11.3. The van der Waals surface area contributed by atoms with Crippen LogP contribution in [0, 0.1) is 0 Å². The minimum Gasteiger partial charge on any atom is -0.480 e. The Labute approximate surface area is 115 Å². The maximum Gasteiger partial charge on any atom is 0.328 e. The fraction of sp³-hybridized carbons (Fsp3) is 0.333. The molecule has 0 aliphatic heterocycles. The molecule has 6 nitrogen and oxygen atoms in total.